The second-order valence-electron chi connectivity index (χ2n) is 6.95. The van der Waals surface area contributed by atoms with Crippen molar-refractivity contribution >= 4 is 11.8 Å². The number of hydrogen-bond acceptors (Lipinski definition) is 4. The fourth-order valence-corrected chi connectivity index (χ4v) is 3.60. The molecule has 0 fully saturated rings. The summed E-state index contributed by atoms with van der Waals surface area (Å²) in [6.07, 6.45) is 5.40. The molecule has 142 valence electrons. The van der Waals surface area contributed by atoms with Gasteiger partial charge in [0.2, 0.25) is 5.91 Å². The molecular weight excluding hydrogens is 354 g/mol. The van der Waals surface area contributed by atoms with Crippen LogP contribution in [0.4, 0.5) is 0 Å². The van der Waals surface area contributed by atoms with Gasteiger partial charge in [-0.1, -0.05) is 30.3 Å². The van der Waals surface area contributed by atoms with Crippen LogP contribution in [0.25, 0.3) is 0 Å². The third kappa shape index (κ3) is 3.53. The number of furan rings is 1. The van der Waals surface area contributed by atoms with E-state index in [9.17, 15) is 9.59 Å². The Morgan fingerprint density at radius 2 is 1.96 bits per heavy atom. The van der Waals surface area contributed by atoms with Gasteiger partial charge in [-0.3, -0.25) is 14.6 Å². The molecule has 6 nitrogen and oxygen atoms in total. The van der Waals surface area contributed by atoms with Crippen LogP contribution in [0.1, 0.15) is 27.2 Å². The number of pyridine rings is 1. The molecule has 1 aliphatic rings. The summed E-state index contributed by atoms with van der Waals surface area (Å²) in [5, 5.41) is 0. The highest BCUT2D eigenvalue weighted by Gasteiger charge is 2.37. The minimum absolute atomic E-state index is 0.0988. The summed E-state index contributed by atoms with van der Waals surface area (Å²) in [5.41, 5.74) is 3.10. The van der Waals surface area contributed by atoms with Crippen molar-refractivity contribution < 1.29 is 14.0 Å². The van der Waals surface area contributed by atoms with Gasteiger partial charge in [-0.05, 0) is 34.9 Å². The van der Waals surface area contributed by atoms with E-state index in [0.717, 1.165) is 16.7 Å². The molecule has 0 radical (unpaired) electrons. The minimum Gasteiger partial charge on any atom is -0.459 e. The first kappa shape index (κ1) is 18.0. The first-order valence-electron chi connectivity index (χ1n) is 9.18. The van der Waals surface area contributed by atoms with Gasteiger partial charge in [0.1, 0.15) is 6.04 Å². The van der Waals surface area contributed by atoms with Crippen molar-refractivity contribution in [2.75, 3.05) is 7.05 Å². The largest absolute Gasteiger partial charge is 0.459 e. The Balaban J connectivity index is 1.61. The Morgan fingerprint density at radius 3 is 2.68 bits per heavy atom. The Kier molecular flexibility index (Phi) is 4.93. The van der Waals surface area contributed by atoms with E-state index in [4.69, 9.17) is 4.42 Å². The smallest absolute Gasteiger partial charge is 0.290 e. The maximum absolute atomic E-state index is 13.3. The molecule has 0 saturated heterocycles. The van der Waals surface area contributed by atoms with E-state index in [-0.39, 0.29) is 17.6 Å². The molecule has 0 bridgehead atoms. The number of fused-ring (bicyclic) bond motifs is 1. The molecule has 1 aliphatic heterocycles. The van der Waals surface area contributed by atoms with E-state index in [0.29, 0.717) is 19.5 Å². The Labute approximate surface area is 163 Å². The number of hydrogen-bond donors (Lipinski definition) is 0. The molecule has 6 heteroatoms. The van der Waals surface area contributed by atoms with Crippen LogP contribution in [0.2, 0.25) is 0 Å². The first-order valence-corrected chi connectivity index (χ1v) is 9.18. The lowest BCUT2D eigenvalue weighted by Crippen LogP contribution is -2.52. The van der Waals surface area contributed by atoms with Gasteiger partial charge >= 0.3 is 0 Å². The van der Waals surface area contributed by atoms with E-state index in [1.165, 1.54) is 6.26 Å². The van der Waals surface area contributed by atoms with Crippen molar-refractivity contribution in [3.63, 3.8) is 0 Å². The number of aromatic nitrogens is 1. The maximum Gasteiger partial charge on any atom is 0.290 e. The van der Waals surface area contributed by atoms with Gasteiger partial charge < -0.3 is 14.2 Å². The summed E-state index contributed by atoms with van der Waals surface area (Å²) in [6, 6.07) is 14.4. The Bertz CT molecular complexity index is 970. The topological polar surface area (TPSA) is 66.7 Å². The van der Waals surface area contributed by atoms with Crippen LogP contribution in [-0.4, -0.2) is 39.7 Å². The second kappa shape index (κ2) is 7.68. The molecule has 2 aromatic heterocycles. The standard InChI is InChI=1S/C22H21N3O3/c1-24(14-16-6-4-10-23-13-16)21(26)19-12-17-7-2-3-8-18(17)15-25(19)22(27)20-9-5-11-28-20/h2-11,13,19H,12,14-15H2,1H3. The van der Waals surface area contributed by atoms with Crippen LogP contribution in [0.5, 0.6) is 0 Å². The maximum atomic E-state index is 13.3. The van der Waals surface area contributed by atoms with Crippen molar-refractivity contribution in [1.29, 1.82) is 0 Å². The van der Waals surface area contributed by atoms with Crippen molar-refractivity contribution in [2.45, 2.75) is 25.6 Å². The molecule has 2 amide bonds. The summed E-state index contributed by atoms with van der Waals surface area (Å²) < 4.78 is 5.30. The van der Waals surface area contributed by atoms with E-state index in [1.54, 1.807) is 41.4 Å². The third-order valence-electron chi connectivity index (χ3n) is 5.05. The number of benzene rings is 1. The van der Waals surface area contributed by atoms with Crippen molar-refractivity contribution in [3.8, 4) is 0 Å². The van der Waals surface area contributed by atoms with Crippen LogP contribution in [0.3, 0.4) is 0 Å². The zero-order chi connectivity index (χ0) is 19.5. The molecule has 0 aliphatic carbocycles. The zero-order valence-electron chi connectivity index (χ0n) is 15.6. The van der Waals surface area contributed by atoms with Gasteiger partial charge in [0.15, 0.2) is 5.76 Å². The van der Waals surface area contributed by atoms with Gasteiger partial charge in [0.25, 0.3) is 5.91 Å². The van der Waals surface area contributed by atoms with Gasteiger partial charge in [-0.25, -0.2) is 0 Å². The zero-order valence-corrected chi connectivity index (χ0v) is 15.6. The predicted octanol–water partition coefficient (Wildman–Crippen LogP) is 2.90. The molecule has 1 aromatic carbocycles. The molecule has 28 heavy (non-hydrogen) atoms. The first-order chi connectivity index (χ1) is 13.6. The fraction of sp³-hybridized carbons (Fsp3) is 0.227. The van der Waals surface area contributed by atoms with Crippen LogP contribution in [0.15, 0.2) is 71.6 Å². The Hall–Kier alpha value is -3.41. The minimum atomic E-state index is -0.575. The number of carbonyl (C=O) groups is 2. The van der Waals surface area contributed by atoms with E-state index >= 15 is 0 Å². The predicted molar refractivity (Wildman–Crippen MR) is 103 cm³/mol. The quantitative estimate of drug-likeness (QED) is 0.703. The van der Waals surface area contributed by atoms with Gasteiger partial charge in [0, 0.05) is 39.0 Å². The lowest BCUT2D eigenvalue weighted by Gasteiger charge is -2.37. The van der Waals surface area contributed by atoms with E-state index in [2.05, 4.69) is 4.98 Å². The highest BCUT2D eigenvalue weighted by Crippen LogP contribution is 2.26. The van der Waals surface area contributed by atoms with Crippen molar-refractivity contribution in [2.24, 2.45) is 0 Å². The van der Waals surface area contributed by atoms with Crippen LogP contribution in [-0.2, 0) is 24.3 Å². The highest BCUT2D eigenvalue weighted by molar-refractivity contribution is 5.96. The molecule has 1 unspecified atom stereocenters. The van der Waals surface area contributed by atoms with Gasteiger partial charge in [-0.2, -0.15) is 0 Å². The number of likely N-dealkylation sites (N-methyl/N-ethyl adjacent to an activating group) is 1. The van der Waals surface area contributed by atoms with Crippen LogP contribution in [0, 0.1) is 0 Å². The third-order valence-corrected chi connectivity index (χ3v) is 5.05. The number of carbonyl (C=O) groups excluding carboxylic acids is 2. The molecule has 4 rings (SSSR count). The summed E-state index contributed by atoms with van der Waals surface area (Å²) in [5.74, 6) is -0.127. The molecule has 3 aromatic rings. The van der Waals surface area contributed by atoms with Gasteiger partial charge in [0.05, 0.1) is 6.26 Å². The molecule has 3 heterocycles. The average Bonchev–Trinajstić information content (AvgIpc) is 3.27. The SMILES string of the molecule is CN(Cc1cccnc1)C(=O)C1Cc2ccccc2CN1C(=O)c1ccco1. The molecular formula is C22H21N3O3. The van der Waals surface area contributed by atoms with Crippen LogP contribution < -0.4 is 0 Å². The fourth-order valence-electron chi connectivity index (χ4n) is 3.60. The normalized spacial score (nSPS) is 15.8. The highest BCUT2D eigenvalue weighted by atomic mass is 16.3. The number of amides is 2. The molecule has 0 saturated carbocycles. The van der Waals surface area contributed by atoms with Gasteiger partial charge in [-0.15, -0.1) is 0 Å². The second-order valence-corrected chi connectivity index (χ2v) is 6.95. The van der Waals surface area contributed by atoms with Crippen LogP contribution >= 0.6 is 0 Å². The number of rotatable bonds is 4. The molecule has 1 atom stereocenters. The summed E-state index contributed by atoms with van der Waals surface area (Å²) >= 11 is 0. The monoisotopic (exact) mass is 375 g/mol. The summed E-state index contributed by atoms with van der Waals surface area (Å²) in [4.78, 5) is 33.7. The number of nitrogens with zero attached hydrogens (tertiary/aromatic N) is 3. The summed E-state index contributed by atoms with van der Waals surface area (Å²) in [7, 11) is 1.76. The Morgan fingerprint density at radius 1 is 1.14 bits per heavy atom. The van der Waals surface area contributed by atoms with E-state index in [1.807, 2.05) is 36.4 Å². The molecule has 0 N–H and O–H groups in total. The van der Waals surface area contributed by atoms with Crippen molar-refractivity contribution in [1.82, 2.24) is 14.8 Å². The average molecular weight is 375 g/mol. The summed E-state index contributed by atoms with van der Waals surface area (Å²) in [6.45, 7) is 0.820. The van der Waals surface area contributed by atoms with Crippen molar-refractivity contribution in [3.05, 3.63) is 89.6 Å². The lowest BCUT2D eigenvalue weighted by atomic mass is 9.93. The van der Waals surface area contributed by atoms with E-state index < -0.39 is 6.04 Å². The lowest BCUT2D eigenvalue weighted by molar-refractivity contribution is -0.135. The molecule has 0 spiro atoms.